The van der Waals surface area contributed by atoms with Crippen LogP contribution in [0.5, 0.6) is 0 Å². The molecule has 29 heavy (non-hydrogen) atoms. The lowest BCUT2D eigenvalue weighted by Crippen LogP contribution is -2.69. The van der Waals surface area contributed by atoms with E-state index in [4.69, 9.17) is 5.73 Å². The number of benzene rings is 1. The van der Waals surface area contributed by atoms with Crippen molar-refractivity contribution in [2.75, 3.05) is 0 Å². The lowest BCUT2D eigenvalue weighted by atomic mass is 9.34. The van der Waals surface area contributed by atoms with Gasteiger partial charge in [0.25, 0.3) is 5.91 Å². The summed E-state index contributed by atoms with van der Waals surface area (Å²) < 4.78 is 28.7. The highest BCUT2D eigenvalue weighted by Crippen LogP contribution is 2.74. The summed E-state index contributed by atoms with van der Waals surface area (Å²) in [6.45, 7) is 0.474. The topological polar surface area (TPSA) is 106 Å². The van der Waals surface area contributed by atoms with Gasteiger partial charge in [0.05, 0.1) is 17.7 Å². The van der Waals surface area contributed by atoms with Gasteiger partial charge in [0.2, 0.25) is 5.91 Å². The van der Waals surface area contributed by atoms with Gasteiger partial charge in [-0.2, -0.15) is 5.10 Å². The van der Waals surface area contributed by atoms with Crippen molar-refractivity contribution in [2.45, 2.75) is 38.3 Å². The zero-order valence-corrected chi connectivity index (χ0v) is 15.4. The fourth-order valence-corrected chi connectivity index (χ4v) is 5.17. The molecule has 2 bridgehead atoms. The minimum atomic E-state index is -0.679. The first-order valence-electron chi connectivity index (χ1n) is 9.31. The number of amides is 2. The van der Waals surface area contributed by atoms with E-state index in [2.05, 4.69) is 15.4 Å². The average molecular weight is 400 g/mol. The Labute approximate surface area is 164 Å². The highest BCUT2D eigenvalue weighted by atomic mass is 19.1. The smallest absolute Gasteiger partial charge is 0.268 e. The molecule has 0 radical (unpaired) electrons. The molecule has 2 heterocycles. The largest absolute Gasteiger partial charge is 0.364 e. The maximum Gasteiger partial charge on any atom is 0.268 e. The Balaban J connectivity index is 1.30. The highest BCUT2D eigenvalue weighted by Gasteiger charge is 2.72. The molecule has 0 spiro atoms. The summed E-state index contributed by atoms with van der Waals surface area (Å²) >= 11 is 0. The van der Waals surface area contributed by atoms with Gasteiger partial charge in [-0.05, 0) is 42.4 Å². The average Bonchev–Trinajstić information content (AvgIpc) is 3.24. The van der Waals surface area contributed by atoms with Gasteiger partial charge in [-0.15, -0.1) is 5.10 Å². The third kappa shape index (κ3) is 2.65. The second kappa shape index (κ2) is 5.91. The molecule has 10 heteroatoms. The van der Waals surface area contributed by atoms with Gasteiger partial charge in [-0.3, -0.25) is 9.59 Å². The zero-order valence-electron chi connectivity index (χ0n) is 15.4. The molecule has 4 aliphatic rings. The Morgan fingerprint density at radius 1 is 1.17 bits per heavy atom. The van der Waals surface area contributed by atoms with E-state index in [1.54, 1.807) is 6.21 Å². The summed E-state index contributed by atoms with van der Waals surface area (Å²) in [5, 5.41) is 13.2. The van der Waals surface area contributed by atoms with E-state index < -0.39 is 29.0 Å². The molecule has 6 rings (SSSR count). The number of nitrogens with zero attached hydrogens (tertiary/aromatic N) is 5. The fourth-order valence-electron chi connectivity index (χ4n) is 5.17. The van der Waals surface area contributed by atoms with E-state index >= 15 is 0 Å². The minimum absolute atomic E-state index is 0.114. The van der Waals surface area contributed by atoms with Crippen molar-refractivity contribution in [1.29, 1.82) is 0 Å². The van der Waals surface area contributed by atoms with E-state index in [9.17, 15) is 18.4 Å². The van der Waals surface area contributed by atoms with Crippen LogP contribution in [-0.4, -0.2) is 38.0 Å². The minimum Gasteiger partial charge on any atom is -0.364 e. The molecule has 2 N–H and O–H groups in total. The fraction of sp³-hybridized carbons (Fsp3) is 0.421. The first-order valence-corrected chi connectivity index (χ1v) is 9.31. The van der Waals surface area contributed by atoms with Gasteiger partial charge >= 0.3 is 0 Å². The Hall–Kier alpha value is -3.17. The molecule has 1 aromatic carbocycles. The summed E-state index contributed by atoms with van der Waals surface area (Å²) in [4.78, 5) is 24.6. The van der Waals surface area contributed by atoms with Crippen molar-refractivity contribution >= 4 is 18.0 Å². The molecule has 3 aliphatic carbocycles. The van der Waals surface area contributed by atoms with E-state index in [-0.39, 0.29) is 17.0 Å². The van der Waals surface area contributed by atoms with Crippen LogP contribution in [0.15, 0.2) is 29.5 Å². The number of primary amides is 1. The standard InChI is InChI=1S/C19H18F2N6O2/c20-12-3-11(4-13(21)5-12)14-1-2-24-27(14)17(29)19-7-18(8-19,9-19)10-26-15(16(22)28)6-23-25-26/h2-6,14H,1,7-10H2,(H2,22,28). The molecule has 8 nitrogen and oxygen atoms in total. The number of nitrogens with two attached hydrogens (primary N) is 1. The van der Waals surface area contributed by atoms with Crippen LogP contribution in [0.25, 0.3) is 0 Å². The molecule has 2 aromatic rings. The van der Waals surface area contributed by atoms with Gasteiger partial charge in [-0.25, -0.2) is 18.5 Å². The van der Waals surface area contributed by atoms with Crippen LogP contribution in [0.3, 0.4) is 0 Å². The Bertz CT molecular complexity index is 1020. The third-order valence-corrected chi connectivity index (χ3v) is 6.26. The lowest BCUT2D eigenvalue weighted by Gasteiger charge is -2.69. The molecule has 1 aromatic heterocycles. The van der Waals surface area contributed by atoms with E-state index in [1.165, 1.54) is 28.0 Å². The maximum absolute atomic E-state index is 13.6. The van der Waals surface area contributed by atoms with Crippen LogP contribution in [0.2, 0.25) is 0 Å². The normalized spacial score (nSPS) is 29.4. The van der Waals surface area contributed by atoms with Gasteiger partial charge in [0.15, 0.2) is 0 Å². The number of hydrazone groups is 1. The maximum atomic E-state index is 13.6. The number of carbonyl (C=O) groups excluding carboxylic acids is 2. The van der Waals surface area contributed by atoms with Crippen LogP contribution < -0.4 is 5.73 Å². The molecule has 0 saturated heterocycles. The molecule has 2 amide bonds. The molecule has 150 valence electrons. The zero-order chi connectivity index (χ0) is 20.4. The summed E-state index contributed by atoms with van der Waals surface area (Å²) in [6, 6.07) is 2.78. The number of hydrogen-bond donors (Lipinski definition) is 1. The number of carbonyl (C=O) groups is 2. The first-order chi connectivity index (χ1) is 13.8. The molecular formula is C19H18F2N6O2. The molecule has 3 fully saturated rings. The van der Waals surface area contributed by atoms with Crippen molar-refractivity contribution in [3.05, 3.63) is 47.3 Å². The van der Waals surface area contributed by atoms with Crippen LogP contribution in [0.1, 0.15) is 47.8 Å². The Kier molecular flexibility index (Phi) is 3.65. The predicted molar refractivity (Wildman–Crippen MR) is 96.3 cm³/mol. The van der Waals surface area contributed by atoms with Crippen LogP contribution in [0, 0.1) is 22.5 Å². The molecule has 3 saturated carbocycles. The summed E-state index contributed by atoms with van der Waals surface area (Å²) in [7, 11) is 0. The summed E-state index contributed by atoms with van der Waals surface area (Å²) in [5.74, 6) is -2.08. The number of halogens is 2. The second-order valence-electron chi connectivity index (χ2n) is 8.35. The van der Waals surface area contributed by atoms with Gasteiger partial charge in [0, 0.05) is 25.2 Å². The van der Waals surface area contributed by atoms with Crippen LogP contribution in [-0.2, 0) is 11.3 Å². The number of rotatable bonds is 5. The predicted octanol–water partition coefficient (Wildman–Crippen LogP) is 1.78. The monoisotopic (exact) mass is 400 g/mol. The SMILES string of the molecule is NC(=O)c1cnnn1CC12CC(C(=O)N3N=CCC3c3cc(F)cc(F)c3)(C1)C2. The Morgan fingerprint density at radius 3 is 2.52 bits per heavy atom. The molecule has 1 unspecified atom stereocenters. The summed E-state index contributed by atoms with van der Waals surface area (Å²) in [5.41, 5.74) is 5.34. The van der Waals surface area contributed by atoms with E-state index in [0.29, 0.717) is 37.8 Å². The highest BCUT2D eigenvalue weighted by molar-refractivity contribution is 5.91. The number of hydrogen-bond acceptors (Lipinski definition) is 5. The molecular weight excluding hydrogens is 382 g/mol. The molecule has 1 aliphatic heterocycles. The van der Waals surface area contributed by atoms with Gasteiger partial charge in [-0.1, -0.05) is 5.21 Å². The lowest BCUT2D eigenvalue weighted by molar-refractivity contribution is -0.223. The Morgan fingerprint density at radius 2 is 1.86 bits per heavy atom. The summed E-state index contributed by atoms with van der Waals surface area (Å²) in [6.07, 6.45) is 5.28. The van der Waals surface area contributed by atoms with Crippen molar-refractivity contribution in [1.82, 2.24) is 20.0 Å². The van der Waals surface area contributed by atoms with Gasteiger partial charge in [0.1, 0.15) is 17.3 Å². The van der Waals surface area contributed by atoms with Crippen LogP contribution in [0.4, 0.5) is 8.78 Å². The van der Waals surface area contributed by atoms with Crippen molar-refractivity contribution in [3.8, 4) is 0 Å². The van der Waals surface area contributed by atoms with Crippen molar-refractivity contribution < 1.29 is 18.4 Å². The van der Waals surface area contributed by atoms with E-state index in [1.807, 2.05) is 0 Å². The second-order valence-corrected chi connectivity index (χ2v) is 8.35. The third-order valence-electron chi connectivity index (χ3n) is 6.26. The van der Waals surface area contributed by atoms with Crippen LogP contribution >= 0.6 is 0 Å². The number of aromatic nitrogens is 3. The molecule has 1 atom stereocenters. The van der Waals surface area contributed by atoms with E-state index in [0.717, 1.165) is 6.07 Å². The quantitative estimate of drug-likeness (QED) is 0.826. The van der Waals surface area contributed by atoms with Crippen molar-refractivity contribution in [2.24, 2.45) is 21.7 Å². The van der Waals surface area contributed by atoms with Gasteiger partial charge < -0.3 is 5.73 Å². The first kappa shape index (κ1) is 17.9. The van der Waals surface area contributed by atoms with Crippen molar-refractivity contribution in [3.63, 3.8) is 0 Å².